The van der Waals surface area contributed by atoms with E-state index in [4.69, 9.17) is 4.74 Å². The van der Waals surface area contributed by atoms with Gasteiger partial charge in [-0.3, -0.25) is 9.69 Å². The van der Waals surface area contributed by atoms with Crippen molar-refractivity contribution in [3.05, 3.63) is 65.1 Å². The van der Waals surface area contributed by atoms with Crippen LogP contribution in [0.5, 0.6) is 0 Å². The van der Waals surface area contributed by atoms with Crippen molar-refractivity contribution < 1.29 is 9.53 Å². The first-order valence-electron chi connectivity index (χ1n) is 11.2. The molecule has 1 atom stereocenters. The van der Waals surface area contributed by atoms with Gasteiger partial charge in [-0.05, 0) is 51.4 Å². The highest BCUT2D eigenvalue weighted by molar-refractivity contribution is 5.93. The molecule has 8 nitrogen and oxygen atoms in total. The summed E-state index contributed by atoms with van der Waals surface area (Å²) in [6.07, 6.45) is 5.93. The summed E-state index contributed by atoms with van der Waals surface area (Å²) in [5, 5.41) is 17.1. The minimum atomic E-state index is -0.157. The normalized spacial score (nSPS) is 15.7. The molecule has 1 aliphatic rings. The van der Waals surface area contributed by atoms with Crippen LogP contribution < -0.4 is 5.32 Å². The molecule has 4 rings (SSSR count). The molecule has 0 bridgehead atoms. The summed E-state index contributed by atoms with van der Waals surface area (Å²) < 4.78 is 9.63. The van der Waals surface area contributed by atoms with E-state index in [1.807, 2.05) is 77.8 Å². The maximum absolute atomic E-state index is 12.9. The number of likely N-dealkylation sites (N-methyl/N-ethyl adjacent to an activating group) is 1. The Labute approximate surface area is 194 Å². The predicted octanol–water partition coefficient (Wildman–Crippen LogP) is 3.41. The molecule has 1 N–H and O–H groups in total. The van der Waals surface area contributed by atoms with Gasteiger partial charge in [0.2, 0.25) is 5.91 Å². The Bertz CT molecular complexity index is 1150. The molecule has 1 saturated heterocycles. The van der Waals surface area contributed by atoms with E-state index in [2.05, 4.69) is 16.5 Å². The van der Waals surface area contributed by atoms with Gasteiger partial charge in [0.15, 0.2) is 0 Å². The Balaban J connectivity index is 1.42. The third-order valence-electron chi connectivity index (χ3n) is 6.13. The fourth-order valence-electron chi connectivity index (χ4n) is 4.30. The Morgan fingerprint density at radius 2 is 2.12 bits per heavy atom. The predicted molar refractivity (Wildman–Crippen MR) is 126 cm³/mol. The first kappa shape index (κ1) is 22.8. The second-order valence-corrected chi connectivity index (χ2v) is 8.64. The number of carbonyl (C=O) groups excluding carboxylic acids is 1. The molecule has 1 aromatic carbocycles. The molecular weight excluding hydrogens is 416 g/mol. The molecule has 1 fully saturated rings. The van der Waals surface area contributed by atoms with Crippen molar-refractivity contribution >= 4 is 11.7 Å². The molecule has 0 aliphatic carbocycles. The van der Waals surface area contributed by atoms with E-state index in [0.717, 1.165) is 42.0 Å². The van der Waals surface area contributed by atoms with Crippen molar-refractivity contribution in [2.24, 2.45) is 0 Å². The van der Waals surface area contributed by atoms with Crippen LogP contribution >= 0.6 is 0 Å². The van der Waals surface area contributed by atoms with Gasteiger partial charge < -0.3 is 14.6 Å². The van der Waals surface area contributed by atoms with Gasteiger partial charge in [0.05, 0.1) is 36.6 Å². The highest BCUT2D eigenvalue weighted by Crippen LogP contribution is 2.28. The number of hydrogen-bond donors (Lipinski definition) is 1. The van der Waals surface area contributed by atoms with Gasteiger partial charge in [-0.2, -0.15) is 10.4 Å². The number of para-hydroxylation sites is 1. The smallest absolute Gasteiger partial charge is 0.239 e. The van der Waals surface area contributed by atoms with Crippen LogP contribution in [0.3, 0.4) is 0 Å². The van der Waals surface area contributed by atoms with Crippen molar-refractivity contribution in [2.75, 3.05) is 25.5 Å². The molecule has 0 spiro atoms. The van der Waals surface area contributed by atoms with Crippen molar-refractivity contribution in [1.29, 1.82) is 5.26 Å². The number of anilines is 1. The van der Waals surface area contributed by atoms with Gasteiger partial charge in [-0.25, -0.2) is 4.68 Å². The van der Waals surface area contributed by atoms with Gasteiger partial charge in [0.25, 0.3) is 0 Å². The molecule has 0 radical (unpaired) electrons. The molecule has 0 saturated carbocycles. The number of ether oxygens (including phenoxy) is 1. The van der Waals surface area contributed by atoms with E-state index in [0.29, 0.717) is 24.5 Å². The quantitative estimate of drug-likeness (QED) is 0.573. The lowest BCUT2D eigenvalue weighted by Crippen LogP contribution is -2.31. The Hall–Kier alpha value is -3.41. The third-order valence-corrected chi connectivity index (χ3v) is 6.13. The molecule has 0 unspecified atom stereocenters. The van der Waals surface area contributed by atoms with Crippen LogP contribution in [0, 0.1) is 25.2 Å². The van der Waals surface area contributed by atoms with Gasteiger partial charge >= 0.3 is 0 Å². The van der Waals surface area contributed by atoms with Crippen LogP contribution in [0.1, 0.15) is 35.2 Å². The second kappa shape index (κ2) is 10.0. The zero-order valence-electron chi connectivity index (χ0n) is 19.4. The number of amides is 1. The topological polar surface area (TPSA) is 88.1 Å². The summed E-state index contributed by atoms with van der Waals surface area (Å²) in [4.78, 5) is 14.8. The van der Waals surface area contributed by atoms with Crippen LogP contribution in [0.2, 0.25) is 0 Å². The van der Waals surface area contributed by atoms with Gasteiger partial charge in [-0.15, -0.1) is 0 Å². The number of rotatable bonds is 8. The maximum Gasteiger partial charge on any atom is 0.239 e. The van der Waals surface area contributed by atoms with Gasteiger partial charge in [-0.1, -0.05) is 18.2 Å². The molecule has 172 valence electrons. The average Bonchev–Trinajstić information content (AvgIpc) is 3.53. The number of nitrogens with one attached hydrogen (secondary N) is 1. The molecule has 1 amide bonds. The zero-order chi connectivity index (χ0) is 23.4. The van der Waals surface area contributed by atoms with Crippen LogP contribution in [0.25, 0.3) is 5.69 Å². The summed E-state index contributed by atoms with van der Waals surface area (Å²) in [5.41, 5.74) is 4.41. The summed E-state index contributed by atoms with van der Waals surface area (Å²) in [7, 11) is 1.90. The van der Waals surface area contributed by atoms with E-state index in [1.165, 1.54) is 0 Å². The molecule has 3 aromatic rings. The molecule has 1 aliphatic heterocycles. The molecule has 2 aromatic heterocycles. The van der Waals surface area contributed by atoms with Gasteiger partial charge in [0.1, 0.15) is 11.9 Å². The van der Waals surface area contributed by atoms with E-state index >= 15 is 0 Å². The maximum atomic E-state index is 12.9. The van der Waals surface area contributed by atoms with Crippen LogP contribution in [0.4, 0.5) is 5.82 Å². The molecule has 33 heavy (non-hydrogen) atoms. The lowest BCUT2D eigenvalue weighted by molar-refractivity contribution is -0.117. The number of hydrogen-bond acceptors (Lipinski definition) is 5. The summed E-state index contributed by atoms with van der Waals surface area (Å²) >= 11 is 0. The third kappa shape index (κ3) is 5.16. The number of nitriles is 1. The first-order valence-corrected chi connectivity index (χ1v) is 11.2. The number of nitrogens with zero attached hydrogens (tertiary/aromatic N) is 5. The Kier molecular flexibility index (Phi) is 6.92. The van der Waals surface area contributed by atoms with E-state index < -0.39 is 0 Å². The minimum absolute atomic E-state index is 0.113. The van der Waals surface area contributed by atoms with Crippen molar-refractivity contribution in [2.45, 2.75) is 45.9 Å². The highest BCUT2D eigenvalue weighted by Gasteiger charge is 2.24. The van der Waals surface area contributed by atoms with Gasteiger partial charge in [0, 0.05) is 30.6 Å². The monoisotopic (exact) mass is 446 g/mol. The van der Waals surface area contributed by atoms with Crippen LogP contribution in [-0.4, -0.2) is 51.5 Å². The largest absolute Gasteiger partial charge is 0.376 e. The van der Waals surface area contributed by atoms with E-state index in [-0.39, 0.29) is 18.6 Å². The fourth-order valence-corrected chi connectivity index (χ4v) is 4.30. The Morgan fingerprint density at radius 1 is 1.33 bits per heavy atom. The minimum Gasteiger partial charge on any atom is -0.376 e. The summed E-state index contributed by atoms with van der Waals surface area (Å²) in [5.74, 6) is 0.411. The molecule has 3 heterocycles. The summed E-state index contributed by atoms with van der Waals surface area (Å²) in [6.45, 7) is 6.09. The van der Waals surface area contributed by atoms with Crippen molar-refractivity contribution in [3.8, 4) is 11.8 Å². The number of carbonyl (C=O) groups is 1. The zero-order valence-corrected chi connectivity index (χ0v) is 19.4. The Morgan fingerprint density at radius 3 is 2.82 bits per heavy atom. The lowest BCUT2D eigenvalue weighted by Gasteiger charge is -2.19. The second-order valence-electron chi connectivity index (χ2n) is 8.64. The highest BCUT2D eigenvalue weighted by atomic mass is 16.5. The van der Waals surface area contributed by atoms with Crippen molar-refractivity contribution in [1.82, 2.24) is 19.2 Å². The number of benzene rings is 1. The SMILES string of the molecule is Cc1c(C#N)c(NC(=O)CN(C)Cc2cnn(-c3ccccc3)c2)n(C[C@H]2CCCO2)c1C. The number of aromatic nitrogens is 3. The fraction of sp³-hybridized carbons (Fsp3) is 0.400. The molecular formula is C25H30N6O2. The summed E-state index contributed by atoms with van der Waals surface area (Å²) in [6, 6.07) is 12.2. The first-order chi connectivity index (χ1) is 16.0. The van der Waals surface area contributed by atoms with E-state index in [1.54, 1.807) is 0 Å². The lowest BCUT2D eigenvalue weighted by atomic mass is 10.2. The van der Waals surface area contributed by atoms with Crippen LogP contribution in [0.15, 0.2) is 42.7 Å². The van der Waals surface area contributed by atoms with Crippen LogP contribution in [-0.2, 0) is 22.6 Å². The molecule has 8 heteroatoms. The average molecular weight is 447 g/mol. The van der Waals surface area contributed by atoms with E-state index in [9.17, 15) is 10.1 Å². The van der Waals surface area contributed by atoms with Crippen molar-refractivity contribution in [3.63, 3.8) is 0 Å². The standard InChI is InChI=1S/C25H30N6O2/c1-18-19(2)30(16-22-10-7-11-33-22)25(23(18)12-26)28-24(32)17-29(3)14-20-13-27-31(15-20)21-8-5-4-6-9-21/h4-6,8-9,13,15,22H,7,10-11,14,16-17H2,1-3H3,(H,28,32)/t22-/m1/s1.